The second-order valence-electron chi connectivity index (χ2n) is 10.8. The minimum absolute atomic E-state index is 0.195. The van der Waals surface area contributed by atoms with Gasteiger partial charge in [-0.2, -0.15) is 0 Å². The van der Waals surface area contributed by atoms with E-state index in [1.54, 1.807) is 43.5 Å². The van der Waals surface area contributed by atoms with Crippen molar-refractivity contribution in [2.45, 2.75) is 24.4 Å². The summed E-state index contributed by atoms with van der Waals surface area (Å²) in [6.45, 7) is 2.02. The number of para-hydroxylation sites is 2. The molecular formula is C35H28N2O4. The van der Waals surface area contributed by atoms with Gasteiger partial charge >= 0.3 is 0 Å². The molecule has 0 aromatic heterocycles. The molecule has 1 saturated heterocycles. The number of Topliss-reactive ketones (excluding diaryl/α,β-unsaturated/α-hetero) is 2. The van der Waals surface area contributed by atoms with Crippen molar-refractivity contribution < 1.29 is 19.1 Å². The predicted octanol–water partition coefficient (Wildman–Crippen LogP) is 5.94. The molecule has 0 aliphatic carbocycles. The molecule has 202 valence electrons. The molecule has 6 nitrogen and oxygen atoms in total. The Morgan fingerprint density at radius 2 is 1.46 bits per heavy atom. The topological polar surface area (TPSA) is 75.7 Å². The fraction of sp³-hybridized carbons (Fsp3) is 0.171. The van der Waals surface area contributed by atoms with Gasteiger partial charge in [-0.15, -0.1) is 0 Å². The summed E-state index contributed by atoms with van der Waals surface area (Å²) in [5, 5.41) is 3.08. The lowest BCUT2D eigenvalue weighted by Crippen LogP contribution is -2.51. The van der Waals surface area contributed by atoms with Gasteiger partial charge in [-0.25, -0.2) is 0 Å². The SMILES string of the molecule is COc1ccc(C(=O)[C@@H]2[C@H](C(=O)c3ccccc3)N3c4ccccc4C(C)=C[C@@H]3[C@]23C(=O)Nc2ccccc23)cc1. The van der Waals surface area contributed by atoms with Gasteiger partial charge in [0, 0.05) is 28.1 Å². The number of hydrogen-bond acceptors (Lipinski definition) is 5. The maximum atomic E-state index is 14.8. The molecule has 3 heterocycles. The van der Waals surface area contributed by atoms with Gasteiger partial charge < -0.3 is 15.0 Å². The zero-order valence-corrected chi connectivity index (χ0v) is 22.7. The van der Waals surface area contributed by atoms with Crippen LogP contribution in [-0.2, 0) is 10.2 Å². The van der Waals surface area contributed by atoms with E-state index in [0.29, 0.717) is 22.6 Å². The average molecular weight is 541 g/mol. The number of anilines is 2. The van der Waals surface area contributed by atoms with E-state index >= 15 is 0 Å². The first-order valence-electron chi connectivity index (χ1n) is 13.7. The van der Waals surface area contributed by atoms with Crippen LogP contribution in [0.4, 0.5) is 11.4 Å². The normalized spacial score (nSPS) is 23.8. The first-order valence-corrected chi connectivity index (χ1v) is 13.7. The first-order chi connectivity index (χ1) is 20.0. The van der Waals surface area contributed by atoms with E-state index in [2.05, 4.69) is 11.4 Å². The summed E-state index contributed by atoms with van der Waals surface area (Å²) in [4.78, 5) is 45.9. The number of fused-ring (bicyclic) bond motifs is 6. The highest BCUT2D eigenvalue weighted by atomic mass is 16.5. The summed E-state index contributed by atoms with van der Waals surface area (Å²) in [6.07, 6.45) is 2.07. The number of carbonyl (C=O) groups is 3. The van der Waals surface area contributed by atoms with E-state index in [0.717, 1.165) is 22.4 Å². The van der Waals surface area contributed by atoms with Crippen molar-refractivity contribution in [3.63, 3.8) is 0 Å². The van der Waals surface area contributed by atoms with Crippen LogP contribution in [0.5, 0.6) is 5.75 Å². The summed E-state index contributed by atoms with van der Waals surface area (Å²) in [6, 6.07) is 29.9. The standard InChI is InChI=1S/C35H28N2O4/c1-21-20-29-35(26-13-7-8-14-27(26)36-34(35)40)30(32(38)23-16-18-24(41-2)19-17-23)31(33(39)22-10-4-3-5-11-22)37(29)28-15-9-6-12-25(21)28/h3-20,29-31H,1-2H3,(H,36,40)/t29-,30+,31-,35+/m1/s1. The van der Waals surface area contributed by atoms with Crippen molar-refractivity contribution in [1.82, 2.24) is 0 Å². The molecule has 41 heavy (non-hydrogen) atoms. The highest BCUT2D eigenvalue weighted by Gasteiger charge is 2.70. The Hall–Kier alpha value is -4.97. The zero-order chi connectivity index (χ0) is 28.3. The van der Waals surface area contributed by atoms with E-state index in [1.165, 1.54) is 0 Å². The molecule has 4 aromatic carbocycles. The van der Waals surface area contributed by atoms with Crippen LogP contribution in [0.25, 0.3) is 5.57 Å². The summed E-state index contributed by atoms with van der Waals surface area (Å²) in [5.74, 6) is -1.11. The smallest absolute Gasteiger partial charge is 0.238 e. The maximum Gasteiger partial charge on any atom is 0.238 e. The molecule has 4 atom stereocenters. The second kappa shape index (κ2) is 9.30. The number of nitrogens with zero attached hydrogens (tertiary/aromatic N) is 1. The summed E-state index contributed by atoms with van der Waals surface area (Å²) in [5.41, 5.74) is 3.81. The van der Waals surface area contributed by atoms with Crippen molar-refractivity contribution in [3.8, 4) is 5.75 Å². The molecule has 1 spiro atoms. The van der Waals surface area contributed by atoms with Crippen LogP contribution in [0.15, 0.2) is 109 Å². The van der Waals surface area contributed by atoms with Crippen molar-refractivity contribution in [2.75, 3.05) is 17.3 Å². The molecule has 0 radical (unpaired) electrons. The maximum absolute atomic E-state index is 14.8. The van der Waals surface area contributed by atoms with Crippen molar-refractivity contribution in [2.24, 2.45) is 5.92 Å². The van der Waals surface area contributed by atoms with Crippen LogP contribution in [0.2, 0.25) is 0 Å². The number of allylic oxidation sites excluding steroid dienone is 1. The Kier molecular flexibility index (Phi) is 5.68. The second-order valence-corrected chi connectivity index (χ2v) is 10.8. The number of rotatable bonds is 5. The van der Waals surface area contributed by atoms with Gasteiger partial charge in [0.2, 0.25) is 5.91 Å². The van der Waals surface area contributed by atoms with Crippen LogP contribution >= 0.6 is 0 Å². The number of methoxy groups -OCH3 is 1. The number of hydrogen-bond donors (Lipinski definition) is 1. The third-order valence-corrected chi connectivity index (χ3v) is 8.87. The van der Waals surface area contributed by atoms with Gasteiger partial charge in [0.1, 0.15) is 17.2 Å². The lowest BCUT2D eigenvalue weighted by atomic mass is 9.64. The number of carbonyl (C=O) groups excluding carboxylic acids is 3. The molecule has 0 saturated carbocycles. The molecule has 6 heteroatoms. The molecular weight excluding hydrogens is 512 g/mol. The number of ether oxygens (including phenoxy) is 1. The molecule has 0 unspecified atom stereocenters. The minimum Gasteiger partial charge on any atom is -0.497 e. The monoisotopic (exact) mass is 540 g/mol. The Balaban J connectivity index is 1.54. The molecule has 0 bridgehead atoms. The van der Waals surface area contributed by atoms with Crippen LogP contribution < -0.4 is 15.0 Å². The summed E-state index contributed by atoms with van der Waals surface area (Å²) < 4.78 is 5.33. The van der Waals surface area contributed by atoms with Crippen LogP contribution in [0.3, 0.4) is 0 Å². The van der Waals surface area contributed by atoms with E-state index < -0.39 is 23.4 Å². The Labute approximate surface area is 238 Å². The Bertz CT molecular complexity index is 1740. The number of nitrogens with one attached hydrogen (secondary N) is 1. The number of benzene rings is 4. The molecule has 1 fully saturated rings. The molecule has 7 rings (SSSR count). The Morgan fingerprint density at radius 3 is 2.22 bits per heavy atom. The fourth-order valence-corrected chi connectivity index (χ4v) is 7.10. The fourth-order valence-electron chi connectivity index (χ4n) is 7.10. The number of ketones is 2. The zero-order valence-electron chi connectivity index (χ0n) is 22.7. The van der Waals surface area contributed by atoms with E-state index in [4.69, 9.17) is 4.74 Å². The third kappa shape index (κ3) is 3.46. The molecule has 3 aliphatic rings. The minimum atomic E-state index is -1.34. The molecule has 1 amide bonds. The molecule has 4 aromatic rings. The van der Waals surface area contributed by atoms with Crippen molar-refractivity contribution >= 4 is 34.4 Å². The first kappa shape index (κ1) is 25.0. The lowest BCUT2D eigenvalue weighted by molar-refractivity contribution is -0.121. The Morgan fingerprint density at radius 1 is 0.805 bits per heavy atom. The van der Waals surface area contributed by atoms with Crippen LogP contribution in [-0.4, -0.2) is 36.7 Å². The van der Waals surface area contributed by atoms with Crippen LogP contribution in [0.1, 0.15) is 38.8 Å². The quantitative estimate of drug-likeness (QED) is 0.317. The van der Waals surface area contributed by atoms with Crippen molar-refractivity contribution in [1.29, 1.82) is 0 Å². The van der Waals surface area contributed by atoms with Gasteiger partial charge in [-0.1, -0.05) is 72.8 Å². The summed E-state index contributed by atoms with van der Waals surface area (Å²) in [7, 11) is 1.57. The number of amides is 1. The van der Waals surface area contributed by atoms with Gasteiger partial charge in [-0.05, 0) is 54.5 Å². The van der Waals surface area contributed by atoms with Gasteiger partial charge in [0.25, 0.3) is 0 Å². The largest absolute Gasteiger partial charge is 0.497 e. The molecule has 1 N–H and O–H groups in total. The lowest BCUT2D eigenvalue weighted by Gasteiger charge is -2.39. The average Bonchev–Trinajstić information content (AvgIpc) is 3.49. The van der Waals surface area contributed by atoms with E-state index in [-0.39, 0.29) is 17.5 Å². The van der Waals surface area contributed by atoms with E-state index in [1.807, 2.05) is 78.6 Å². The highest BCUT2D eigenvalue weighted by Crippen LogP contribution is 2.58. The molecule has 3 aliphatic heterocycles. The van der Waals surface area contributed by atoms with Crippen LogP contribution in [0, 0.1) is 5.92 Å². The third-order valence-electron chi connectivity index (χ3n) is 8.87. The summed E-state index contributed by atoms with van der Waals surface area (Å²) >= 11 is 0. The van der Waals surface area contributed by atoms with Crippen molar-refractivity contribution in [3.05, 3.63) is 131 Å². The highest BCUT2D eigenvalue weighted by molar-refractivity contribution is 6.18. The van der Waals surface area contributed by atoms with E-state index in [9.17, 15) is 14.4 Å². The van der Waals surface area contributed by atoms with Gasteiger partial charge in [-0.3, -0.25) is 14.4 Å². The van der Waals surface area contributed by atoms with Gasteiger partial charge in [0.05, 0.1) is 19.1 Å². The van der Waals surface area contributed by atoms with Gasteiger partial charge in [0.15, 0.2) is 11.6 Å². The predicted molar refractivity (Wildman–Crippen MR) is 158 cm³/mol.